The van der Waals surface area contributed by atoms with Crippen molar-refractivity contribution in [2.75, 3.05) is 32.3 Å². The normalized spacial score (nSPS) is 12.4. The predicted octanol–water partition coefficient (Wildman–Crippen LogP) is 2.77. The van der Waals surface area contributed by atoms with Crippen molar-refractivity contribution in [1.82, 2.24) is 10.6 Å². The molecule has 0 radical (unpaired) electrons. The zero-order valence-electron chi connectivity index (χ0n) is 11.9. The van der Waals surface area contributed by atoms with Gasteiger partial charge in [-0.2, -0.15) is 0 Å². The van der Waals surface area contributed by atoms with Crippen LogP contribution in [0.2, 0.25) is 0 Å². The summed E-state index contributed by atoms with van der Waals surface area (Å²) in [5, 5.41) is 6.52. The number of likely N-dealkylation sites (N-methyl/N-ethyl adjacent to an activating group) is 1. The second kappa shape index (κ2) is 10.4. The average Bonchev–Trinajstić information content (AvgIpc) is 2.43. The van der Waals surface area contributed by atoms with Gasteiger partial charge in [-0.15, -0.1) is 0 Å². The zero-order valence-corrected chi connectivity index (χ0v) is 13.6. The van der Waals surface area contributed by atoms with Gasteiger partial charge >= 0.3 is 0 Å². The smallest absolute Gasteiger partial charge is 0.139 e. The highest BCUT2D eigenvalue weighted by molar-refractivity contribution is 8.76. The van der Waals surface area contributed by atoms with Gasteiger partial charge in [0.15, 0.2) is 0 Å². The van der Waals surface area contributed by atoms with E-state index >= 15 is 0 Å². The van der Waals surface area contributed by atoms with Crippen molar-refractivity contribution in [1.29, 1.82) is 0 Å². The molecule has 0 aliphatic rings. The molecule has 0 saturated carbocycles. The number of nitrogens with one attached hydrogen (secondary N) is 2. The van der Waals surface area contributed by atoms with E-state index in [-0.39, 0.29) is 0 Å². The first-order valence-electron chi connectivity index (χ1n) is 6.51. The van der Waals surface area contributed by atoms with Crippen molar-refractivity contribution in [3.8, 4) is 5.75 Å². The lowest BCUT2D eigenvalue weighted by atomic mass is 10.1. The second-order valence-corrected chi connectivity index (χ2v) is 7.00. The molecule has 0 aromatic heterocycles. The SMILES string of the molecule is CNC(C)Cc1cccc(OCNCCSSC)c1. The predicted molar refractivity (Wildman–Crippen MR) is 88.1 cm³/mol. The highest BCUT2D eigenvalue weighted by Crippen LogP contribution is 2.15. The first-order valence-corrected chi connectivity index (χ1v) is 9.24. The number of benzene rings is 1. The van der Waals surface area contributed by atoms with E-state index in [9.17, 15) is 0 Å². The zero-order chi connectivity index (χ0) is 13.9. The Labute approximate surface area is 124 Å². The third kappa shape index (κ3) is 7.72. The third-order valence-electron chi connectivity index (χ3n) is 2.75. The van der Waals surface area contributed by atoms with Gasteiger partial charge in [-0.25, -0.2) is 0 Å². The molecule has 1 unspecified atom stereocenters. The monoisotopic (exact) mass is 300 g/mol. The molecule has 0 aliphatic heterocycles. The quantitative estimate of drug-likeness (QED) is 0.394. The molecule has 1 aromatic rings. The molecule has 0 amide bonds. The van der Waals surface area contributed by atoms with Gasteiger partial charge in [0.25, 0.3) is 0 Å². The standard InChI is InChI=1S/C14H24N2OS2/c1-12(15-2)9-13-5-4-6-14(10-13)17-11-16-7-8-19-18-3/h4-6,10,12,15-16H,7-9,11H2,1-3H3. The van der Waals surface area contributed by atoms with Crippen molar-refractivity contribution >= 4 is 21.6 Å². The fourth-order valence-electron chi connectivity index (χ4n) is 1.62. The van der Waals surface area contributed by atoms with E-state index in [0.717, 1.165) is 24.5 Å². The Bertz CT molecular complexity index is 350. The molecule has 108 valence electrons. The van der Waals surface area contributed by atoms with Gasteiger partial charge in [0.2, 0.25) is 0 Å². The summed E-state index contributed by atoms with van der Waals surface area (Å²) in [6.07, 6.45) is 3.12. The van der Waals surface area contributed by atoms with Crippen molar-refractivity contribution in [2.24, 2.45) is 0 Å². The first-order chi connectivity index (χ1) is 9.26. The Morgan fingerprint density at radius 1 is 1.37 bits per heavy atom. The van der Waals surface area contributed by atoms with E-state index in [1.807, 2.05) is 23.9 Å². The molecule has 19 heavy (non-hydrogen) atoms. The van der Waals surface area contributed by atoms with Gasteiger partial charge in [-0.3, -0.25) is 5.32 Å². The lowest BCUT2D eigenvalue weighted by molar-refractivity contribution is 0.287. The Morgan fingerprint density at radius 3 is 2.95 bits per heavy atom. The summed E-state index contributed by atoms with van der Waals surface area (Å²) in [6.45, 7) is 3.72. The molecular formula is C14H24N2OS2. The van der Waals surface area contributed by atoms with Gasteiger partial charge in [0.1, 0.15) is 12.5 Å². The molecule has 0 fully saturated rings. The fraction of sp³-hybridized carbons (Fsp3) is 0.571. The van der Waals surface area contributed by atoms with Crippen LogP contribution < -0.4 is 15.4 Å². The van der Waals surface area contributed by atoms with E-state index in [0.29, 0.717) is 12.8 Å². The second-order valence-electron chi connectivity index (χ2n) is 4.32. The minimum atomic E-state index is 0.483. The van der Waals surface area contributed by atoms with Crippen LogP contribution >= 0.6 is 21.6 Å². The van der Waals surface area contributed by atoms with Crippen molar-refractivity contribution in [3.63, 3.8) is 0 Å². The van der Waals surface area contributed by atoms with Gasteiger partial charge in [0.05, 0.1) is 0 Å². The Hall–Kier alpha value is -0.360. The Morgan fingerprint density at radius 2 is 2.21 bits per heavy atom. The lowest BCUT2D eigenvalue weighted by Crippen LogP contribution is -2.24. The number of rotatable bonds is 10. The van der Waals surface area contributed by atoms with E-state index in [1.165, 1.54) is 5.56 Å². The number of hydrogen-bond donors (Lipinski definition) is 2. The van der Waals surface area contributed by atoms with Crippen LogP contribution in [0, 0.1) is 0 Å². The highest BCUT2D eigenvalue weighted by atomic mass is 33.1. The molecule has 5 heteroatoms. The number of hydrogen-bond acceptors (Lipinski definition) is 5. The maximum atomic E-state index is 5.69. The summed E-state index contributed by atoms with van der Waals surface area (Å²) in [4.78, 5) is 0. The Balaban J connectivity index is 2.28. The maximum Gasteiger partial charge on any atom is 0.139 e. The van der Waals surface area contributed by atoms with E-state index in [2.05, 4.69) is 42.0 Å². The molecule has 1 atom stereocenters. The molecule has 0 spiro atoms. The van der Waals surface area contributed by atoms with E-state index < -0.39 is 0 Å². The summed E-state index contributed by atoms with van der Waals surface area (Å²) in [7, 11) is 5.64. The van der Waals surface area contributed by atoms with E-state index in [1.54, 1.807) is 10.8 Å². The van der Waals surface area contributed by atoms with Crippen molar-refractivity contribution < 1.29 is 4.74 Å². The molecule has 0 heterocycles. The molecule has 1 rings (SSSR count). The van der Waals surface area contributed by atoms with Gasteiger partial charge in [-0.1, -0.05) is 33.7 Å². The summed E-state index contributed by atoms with van der Waals surface area (Å²) < 4.78 is 5.69. The van der Waals surface area contributed by atoms with Crippen LogP contribution in [-0.4, -0.2) is 38.4 Å². The lowest BCUT2D eigenvalue weighted by Gasteiger charge is -2.12. The minimum absolute atomic E-state index is 0.483. The summed E-state index contributed by atoms with van der Waals surface area (Å²) in [6, 6.07) is 8.80. The van der Waals surface area contributed by atoms with Crippen LogP contribution in [0.1, 0.15) is 12.5 Å². The first kappa shape index (κ1) is 16.7. The van der Waals surface area contributed by atoms with Gasteiger partial charge in [0, 0.05) is 18.3 Å². The topological polar surface area (TPSA) is 33.3 Å². The van der Waals surface area contributed by atoms with Crippen LogP contribution in [0.25, 0.3) is 0 Å². The van der Waals surface area contributed by atoms with Gasteiger partial charge < -0.3 is 10.1 Å². The van der Waals surface area contributed by atoms with Gasteiger partial charge in [-0.05, 0) is 44.3 Å². The molecule has 0 aliphatic carbocycles. The number of ether oxygens (including phenoxy) is 1. The molecular weight excluding hydrogens is 276 g/mol. The molecule has 0 saturated heterocycles. The molecule has 1 aromatic carbocycles. The summed E-state index contributed by atoms with van der Waals surface area (Å²) in [5.41, 5.74) is 1.30. The van der Waals surface area contributed by atoms with Crippen LogP contribution in [0.15, 0.2) is 24.3 Å². The molecule has 3 nitrogen and oxygen atoms in total. The Kier molecular flexibility index (Phi) is 9.16. The van der Waals surface area contributed by atoms with Crippen molar-refractivity contribution in [3.05, 3.63) is 29.8 Å². The highest BCUT2D eigenvalue weighted by Gasteiger charge is 2.02. The van der Waals surface area contributed by atoms with Crippen LogP contribution in [-0.2, 0) is 6.42 Å². The maximum absolute atomic E-state index is 5.69. The molecule has 2 N–H and O–H groups in total. The van der Waals surface area contributed by atoms with Crippen molar-refractivity contribution in [2.45, 2.75) is 19.4 Å². The largest absolute Gasteiger partial charge is 0.478 e. The third-order valence-corrected chi connectivity index (χ3v) is 4.57. The minimum Gasteiger partial charge on any atom is -0.478 e. The van der Waals surface area contributed by atoms with E-state index in [4.69, 9.17) is 4.74 Å². The average molecular weight is 300 g/mol. The van der Waals surface area contributed by atoms with Crippen LogP contribution in [0.5, 0.6) is 5.75 Å². The summed E-state index contributed by atoms with van der Waals surface area (Å²) in [5.74, 6) is 2.04. The van der Waals surface area contributed by atoms with Crippen LogP contribution in [0.3, 0.4) is 0 Å². The van der Waals surface area contributed by atoms with Crippen LogP contribution in [0.4, 0.5) is 0 Å². The fourth-order valence-corrected chi connectivity index (χ4v) is 2.77. The summed E-state index contributed by atoms with van der Waals surface area (Å²) >= 11 is 0. The molecule has 0 bridgehead atoms.